The molecule has 0 aliphatic heterocycles. The highest BCUT2D eigenvalue weighted by Crippen LogP contribution is 2.23. The second kappa shape index (κ2) is 7.72. The first-order valence-electron chi connectivity index (χ1n) is 6.24. The third-order valence-corrected chi connectivity index (χ3v) is 3.01. The van der Waals surface area contributed by atoms with Gasteiger partial charge in [0.05, 0.1) is 13.1 Å². The molecule has 0 unspecified atom stereocenters. The van der Waals surface area contributed by atoms with Crippen molar-refractivity contribution in [2.75, 3.05) is 24.5 Å². The zero-order valence-corrected chi connectivity index (χ0v) is 12.1. The van der Waals surface area contributed by atoms with Gasteiger partial charge >= 0.3 is 0 Å². The molecule has 1 aromatic rings. The van der Waals surface area contributed by atoms with E-state index in [1.165, 1.54) is 4.90 Å². The lowest BCUT2D eigenvalue weighted by molar-refractivity contribution is -0.117. The van der Waals surface area contributed by atoms with E-state index in [9.17, 15) is 9.59 Å². The number of carbonyl (C=O) groups is 2. The minimum atomic E-state index is -0.543. The minimum Gasteiger partial charge on any atom is -0.368 e. The van der Waals surface area contributed by atoms with Crippen molar-refractivity contribution < 1.29 is 9.59 Å². The molecule has 0 bridgehead atoms. The molecule has 1 aromatic carbocycles. The van der Waals surface area contributed by atoms with Crippen LogP contribution in [0.3, 0.4) is 0 Å². The number of carbonyl (C=O) groups excluding carboxylic acids is 2. The first kappa shape index (κ1) is 16.3. The lowest BCUT2D eigenvalue weighted by Gasteiger charge is -2.22. The molecular weight excluding hydrogens is 280 g/mol. The van der Waals surface area contributed by atoms with E-state index >= 15 is 0 Å². The molecule has 0 atom stereocenters. The summed E-state index contributed by atoms with van der Waals surface area (Å²) in [5, 5.41) is 3.73. The summed E-state index contributed by atoms with van der Waals surface area (Å²) in [6.07, 6.45) is 0. The van der Waals surface area contributed by atoms with Crippen molar-refractivity contribution in [2.24, 2.45) is 11.5 Å². The number of nitrogens with two attached hydrogens (primary N) is 2. The number of anilines is 1. The maximum atomic E-state index is 11.0. The van der Waals surface area contributed by atoms with E-state index in [1.54, 1.807) is 12.1 Å². The molecular formula is C13H19ClN4O2. The average molecular weight is 299 g/mol. The Balaban J connectivity index is 2.93. The monoisotopic (exact) mass is 298 g/mol. The van der Waals surface area contributed by atoms with E-state index in [0.29, 0.717) is 17.3 Å². The zero-order valence-electron chi connectivity index (χ0n) is 11.4. The van der Waals surface area contributed by atoms with Crippen LogP contribution in [0.2, 0.25) is 5.02 Å². The predicted octanol–water partition coefficient (Wildman–Crippen LogP) is 0.227. The van der Waals surface area contributed by atoms with Crippen molar-refractivity contribution in [3.05, 3.63) is 28.8 Å². The molecule has 5 N–H and O–H groups in total. The van der Waals surface area contributed by atoms with Crippen LogP contribution in [0.5, 0.6) is 0 Å². The Bertz CT molecular complexity index is 477. The van der Waals surface area contributed by atoms with Crippen LogP contribution in [-0.2, 0) is 16.1 Å². The average Bonchev–Trinajstić information content (AvgIpc) is 2.35. The number of nitrogens with one attached hydrogen (secondary N) is 1. The summed E-state index contributed by atoms with van der Waals surface area (Å²) in [7, 11) is 0. The Morgan fingerprint density at radius 1 is 1.25 bits per heavy atom. The third-order valence-electron chi connectivity index (χ3n) is 2.66. The molecule has 2 amide bonds. The molecule has 6 nitrogen and oxygen atoms in total. The van der Waals surface area contributed by atoms with Crippen LogP contribution < -0.4 is 21.7 Å². The second-order valence-corrected chi connectivity index (χ2v) is 4.75. The molecule has 0 aliphatic rings. The first-order chi connectivity index (χ1) is 9.43. The normalized spacial score (nSPS) is 10.3. The predicted molar refractivity (Wildman–Crippen MR) is 79.4 cm³/mol. The van der Waals surface area contributed by atoms with Crippen LogP contribution in [0.4, 0.5) is 5.69 Å². The van der Waals surface area contributed by atoms with Gasteiger partial charge < -0.3 is 21.7 Å². The molecule has 20 heavy (non-hydrogen) atoms. The molecule has 0 radical (unpaired) electrons. The van der Waals surface area contributed by atoms with Gasteiger partial charge in [0, 0.05) is 17.3 Å². The SMILES string of the molecule is CCNCc1ccc(N(CC(N)=O)CC(N)=O)cc1Cl. The van der Waals surface area contributed by atoms with Gasteiger partial charge in [-0.3, -0.25) is 9.59 Å². The summed E-state index contributed by atoms with van der Waals surface area (Å²) in [5.41, 5.74) is 11.9. The molecule has 0 aromatic heterocycles. The number of halogens is 1. The summed E-state index contributed by atoms with van der Waals surface area (Å²) in [6, 6.07) is 5.32. The van der Waals surface area contributed by atoms with Gasteiger partial charge in [-0.2, -0.15) is 0 Å². The van der Waals surface area contributed by atoms with Gasteiger partial charge in [0.25, 0.3) is 0 Å². The fourth-order valence-corrected chi connectivity index (χ4v) is 1.99. The molecule has 110 valence electrons. The van der Waals surface area contributed by atoms with Gasteiger partial charge in [0.15, 0.2) is 0 Å². The van der Waals surface area contributed by atoms with Crippen LogP contribution in [0, 0.1) is 0 Å². The molecule has 0 saturated heterocycles. The van der Waals surface area contributed by atoms with Crippen molar-refractivity contribution in [3.8, 4) is 0 Å². The lowest BCUT2D eigenvalue weighted by atomic mass is 10.2. The van der Waals surface area contributed by atoms with Gasteiger partial charge in [-0.05, 0) is 24.2 Å². The lowest BCUT2D eigenvalue weighted by Crippen LogP contribution is -2.39. The summed E-state index contributed by atoms with van der Waals surface area (Å²) >= 11 is 6.18. The Kier molecular flexibility index (Phi) is 6.27. The summed E-state index contributed by atoms with van der Waals surface area (Å²) in [5.74, 6) is -1.09. The van der Waals surface area contributed by atoms with Crippen molar-refractivity contribution >= 4 is 29.1 Å². The second-order valence-electron chi connectivity index (χ2n) is 4.34. The van der Waals surface area contributed by atoms with Crippen LogP contribution in [0.15, 0.2) is 18.2 Å². The van der Waals surface area contributed by atoms with E-state index in [2.05, 4.69) is 5.32 Å². The smallest absolute Gasteiger partial charge is 0.236 e. The highest BCUT2D eigenvalue weighted by Gasteiger charge is 2.13. The molecule has 1 rings (SSSR count). The maximum Gasteiger partial charge on any atom is 0.236 e. The topological polar surface area (TPSA) is 101 Å². The van der Waals surface area contributed by atoms with Gasteiger partial charge in [0.2, 0.25) is 11.8 Å². The Labute approximate surface area is 123 Å². The van der Waals surface area contributed by atoms with E-state index < -0.39 is 11.8 Å². The fraction of sp³-hybridized carbons (Fsp3) is 0.385. The number of hydrogen-bond acceptors (Lipinski definition) is 4. The third kappa shape index (κ3) is 5.07. The number of amides is 2. The largest absolute Gasteiger partial charge is 0.368 e. The maximum absolute atomic E-state index is 11.0. The zero-order chi connectivity index (χ0) is 15.1. The Morgan fingerprint density at radius 2 is 1.85 bits per heavy atom. The number of nitrogens with zero attached hydrogens (tertiary/aromatic N) is 1. The van der Waals surface area contributed by atoms with E-state index in [0.717, 1.165) is 12.1 Å². The minimum absolute atomic E-state index is 0.0914. The van der Waals surface area contributed by atoms with Crippen molar-refractivity contribution in [2.45, 2.75) is 13.5 Å². The summed E-state index contributed by atoms with van der Waals surface area (Å²) in [4.78, 5) is 23.6. The number of rotatable bonds is 8. The molecule has 0 saturated carbocycles. The van der Waals surface area contributed by atoms with Crippen molar-refractivity contribution in [3.63, 3.8) is 0 Å². The molecule has 0 aliphatic carbocycles. The molecule has 0 spiro atoms. The van der Waals surface area contributed by atoms with E-state index in [4.69, 9.17) is 23.1 Å². The van der Waals surface area contributed by atoms with Crippen LogP contribution in [0.1, 0.15) is 12.5 Å². The standard InChI is InChI=1S/C13H19ClN4O2/c1-2-17-6-9-3-4-10(5-11(9)14)18(7-12(15)19)8-13(16)20/h3-5,17H,2,6-8H2,1H3,(H2,15,19)(H2,16,20). The van der Waals surface area contributed by atoms with Gasteiger partial charge in [-0.25, -0.2) is 0 Å². The van der Waals surface area contributed by atoms with Gasteiger partial charge in [0.1, 0.15) is 0 Å². The van der Waals surface area contributed by atoms with Gasteiger partial charge in [-0.15, -0.1) is 0 Å². The van der Waals surface area contributed by atoms with Crippen LogP contribution >= 0.6 is 11.6 Å². The molecule has 7 heteroatoms. The fourth-order valence-electron chi connectivity index (χ4n) is 1.75. The van der Waals surface area contributed by atoms with Gasteiger partial charge in [-0.1, -0.05) is 24.6 Å². The van der Waals surface area contributed by atoms with Crippen molar-refractivity contribution in [1.29, 1.82) is 0 Å². The Morgan fingerprint density at radius 3 is 2.30 bits per heavy atom. The number of benzene rings is 1. The summed E-state index contributed by atoms with van der Waals surface area (Å²) < 4.78 is 0. The van der Waals surface area contributed by atoms with Crippen molar-refractivity contribution in [1.82, 2.24) is 5.32 Å². The van der Waals surface area contributed by atoms with Crippen LogP contribution in [0.25, 0.3) is 0 Å². The quantitative estimate of drug-likeness (QED) is 0.639. The molecule has 0 heterocycles. The highest BCUT2D eigenvalue weighted by atomic mass is 35.5. The van der Waals surface area contributed by atoms with E-state index in [1.807, 2.05) is 13.0 Å². The number of primary amides is 2. The van der Waals surface area contributed by atoms with Crippen LogP contribution in [-0.4, -0.2) is 31.4 Å². The van der Waals surface area contributed by atoms with E-state index in [-0.39, 0.29) is 13.1 Å². The Hall–Kier alpha value is -1.79. The molecule has 0 fully saturated rings. The first-order valence-corrected chi connectivity index (χ1v) is 6.62. The highest BCUT2D eigenvalue weighted by molar-refractivity contribution is 6.31. The summed E-state index contributed by atoms with van der Waals surface area (Å²) in [6.45, 7) is 3.32. The number of hydrogen-bond donors (Lipinski definition) is 3.